The van der Waals surface area contributed by atoms with Gasteiger partial charge in [-0.15, -0.1) is 5.76 Å². The maximum atomic E-state index is 9.98. The van der Waals surface area contributed by atoms with Crippen molar-refractivity contribution in [2.24, 2.45) is 0 Å². The summed E-state index contributed by atoms with van der Waals surface area (Å²) in [6, 6.07) is 11.4. The molecule has 0 bridgehead atoms. The molecule has 204 valence electrons. The third-order valence-corrected chi connectivity index (χ3v) is 5.50. The number of carbonyl (C=O) groups is 1. The van der Waals surface area contributed by atoms with E-state index in [2.05, 4.69) is 30.6 Å². The second-order valence-electron chi connectivity index (χ2n) is 8.49. The van der Waals surface area contributed by atoms with Gasteiger partial charge in [-0.1, -0.05) is 6.92 Å². The van der Waals surface area contributed by atoms with Crippen molar-refractivity contribution in [3.8, 4) is 0 Å². The van der Waals surface area contributed by atoms with Crippen LogP contribution in [-0.4, -0.2) is 78.2 Å². The molecular formula is C23H27B2EuN12O2. The van der Waals surface area contributed by atoms with E-state index in [1.165, 1.54) is 13.8 Å². The molecule has 0 radical (unpaired) electrons. The number of nitrogens with zero attached hydrogens (tertiary/aromatic N) is 12. The van der Waals surface area contributed by atoms with Crippen LogP contribution in [0.1, 0.15) is 13.8 Å². The first-order chi connectivity index (χ1) is 19.0. The number of hydrogen-bond donors (Lipinski definition) is 0. The zero-order valence-corrected chi connectivity index (χ0v) is 24.4. The van der Waals surface area contributed by atoms with Crippen LogP contribution in [-0.2, 0) is 4.79 Å². The van der Waals surface area contributed by atoms with E-state index in [0.29, 0.717) is 0 Å². The molecule has 40 heavy (non-hydrogen) atoms. The summed E-state index contributed by atoms with van der Waals surface area (Å²) in [5.41, 5.74) is 0. The first kappa shape index (κ1) is 30.7. The van der Waals surface area contributed by atoms with Crippen molar-refractivity contribution in [2.75, 3.05) is 0 Å². The van der Waals surface area contributed by atoms with Crippen LogP contribution in [0.15, 0.2) is 123 Å². The quantitative estimate of drug-likeness (QED) is 0.127. The smallest absolute Gasteiger partial charge is 0.876 e. The number of carbonyl (C=O) groups excluding carboxylic acids is 1. The fraction of sp³-hybridized carbons (Fsp3) is 0.0870. The van der Waals surface area contributed by atoms with Crippen molar-refractivity contribution < 1.29 is 59.3 Å². The largest absolute Gasteiger partial charge is 3.00 e. The monoisotopic (exact) mass is 678 g/mol. The van der Waals surface area contributed by atoms with E-state index in [9.17, 15) is 9.90 Å². The molecule has 14 nitrogen and oxygen atoms in total. The third kappa shape index (κ3) is 8.59. The average Bonchev–Trinajstić information content (AvgIpc) is 3.73. The molecule has 0 spiro atoms. The Balaban J connectivity index is 0.000000177. The summed E-state index contributed by atoms with van der Waals surface area (Å²) < 4.78 is 11.2. The van der Waals surface area contributed by atoms with E-state index in [1.54, 1.807) is 37.2 Å². The van der Waals surface area contributed by atoms with Crippen LogP contribution in [0.3, 0.4) is 0 Å². The maximum absolute atomic E-state index is 9.98. The molecule has 0 amide bonds. The van der Waals surface area contributed by atoms with Gasteiger partial charge in [0, 0.05) is 37.2 Å². The van der Waals surface area contributed by atoms with Crippen LogP contribution in [0, 0.1) is 49.4 Å². The van der Waals surface area contributed by atoms with Gasteiger partial charge in [-0.25, -0.2) is 30.6 Å². The van der Waals surface area contributed by atoms with E-state index in [0.717, 1.165) is 6.08 Å². The molecule has 17 heteroatoms. The summed E-state index contributed by atoms with van der Waals surface area (Å²) in [5.74, 6) is -0.375. The molecule has 0 aliphatic rings. The van der Waals surface area contributed by atoms with Crippen molar-refractivity contribution in [2.45, 2.75) is 13.8 Å². The molecule has 6 aromatic rings. The summed E-state index contributed by atoms with van der Waals surface area (Å²) in [6.45, 7) is 2.70. The van der Waals surface area contributed by atoms with E-state index >= 15 is 0 Å². The van der Waals surface area contributed by atoms with E-state index in [-0.39, 0.29) is 60.9 Å². The Kier molecular flexibility index (Phi) is 12.1. The Morgan fingerprint density at radius 3 is 0.875 bits per heavy atom. The average molecular weight is 677 g/mol. The predicted octanol–water partition coefficient (Wildman–Crippen LogP) is -0.284. The second-order valence-corrected chi connectivity index (χ2v) is 8.49. The van der Waals surface area contributed by atoms with Crippen LogP contribution < -0.4 is 5.11 Å². The molecule has 0 unspecified atom stereocenters. The van der Waals surface area contributed by atoms with Gasteiger partial charge in [-0.05, 0) is 86.6 Å². The first-order valence-electron chi connectivity index (χ1n) is 12.2. The maximum Gasteiger partial charge on any atom is 3.00 e. The zero-order chi connectivity index (χ0) is 27.5. The zero-order valence-electron chi connectivity index (χ0n) is 21.9. The molecule has 0 aromatic carbocycles. The summed E-state index contributed by atoms with van der Waals surface area (Å²) in [7, 11) is -2.25. The van der Waals surface area contributed by atoms with Crippen LogP contribution in [0.25, 0.3) is 0 Å². The minimum atomic E-state index is -1.12. The number of aromatic nitrogens is 12. The molecule has 0 saturated heterocycles. The normalized spacial score (nSPS) is 10.8. The standard InChI is InChI=1S/2C9H10BN6.C5H8O2.Eu/c2*1-4-11-14(7-1)10(15-8-2-5-12-15)16-9-3-6-13-16;1-4(6)3-5(2)7;/h2*1-10H;3,6H,1-2H3;/q2*-1;;+3/p-1/b;;4-3-;. The summed E-state index contributed by atoms with van der Waals surface area (Å²) in [4.78, 5) is 9.98. The minimum Gasteiger partial charge on any atom is -0.876 e. The van der Waals surface area contributed by atoms with Gasteiger partial charge in [0.05, 0.1) is 0 Å². The van der Waals surface area contributed by atoms with Gasteiger partial charge in [0.2, 0.25) is 0 Å². The Morgan fingerprint density at radius 2 is 0.775 bits per heavy atom. The molecule has 0 saturated carbocycles. The van der Waals surface area contributed by atoms with Crippen LogP contribution in [0.4, 0.5) is 0 Å². The number of allylic oxidation sites excluding steroid dienone is 2. The molecule has 0 atom stereocenters. The third-order valence-electron chi connectivity index (χ3n) is 5.50. The van der Waals surface area contributed by atoms with E-state index in [1.807, 2.05) is 101 Å². The number of hydrogen-bond acceptors (Lipinski definition) is 8. The van der Waals surface area contributed by atoms with Gasteiger partial charge in [0.15, 0.2) is 5.78 Å². The van der Waals surface area contributed by atoms with Crippen molar-refractivity contribution in [3.05, 3.63) is 123 Å². The fourth-order valence-electron chi connectivity index (χ4n) is 3.98. The van der Waals surface area contributed by atoms with Gasteiger partial charge in [0.1, 0.15) is 0 Å². The molecule has 6 heterocycles. The van der Waals surface area contributed by atoms with Crippen LogP contribution >= 0.6 is 0 Å². The summed E-state index contributed by atoms with van der Waals surface area (Å²) in [6.07, 6.45) is 23.1. The summed E-state index contributed by atoms with van der Waals surface area (Å²) >= 11 is 0. The van der Waals surface area contributed by atoms with Gasteiger partial charge in [-0.3, -0.25) is 4.79 Å². The van der Waals surface area contributed by atoms with E-state index < -0.39 is 14.2 Å². The van der Waals surface area contributed by atoms with Gasteiger partial charge >= 0.3 is 63.6 Å². The topological polar surface area (TPSA) is 147 Å². The predicted molar refractivity (Wildman–Crippen MR) is 144 cm³/mol. The van der Waals surface area contributed by atoms with Crippen LogP contribution in [0.2, 0.25) is 0 Å². The molecule has 0 N–H and O–H groups in total. The molecule has 0 fully saturated rings. The van der Waals surface area contributed by atoms with Gasteiger partial charge < -0.3 is 32.7 Å². The Morgan fingerprint density at radius 1 is 0.550 bits per heavy atom. The van der Waals surface area contributed by atoms with Crippen molar-refractivity contribution in [1.29, 1.82) is 0 Å². The van der Waals surface area contributed by atoms with Crippen molar-refractivity contribution in [3.63, 3.8) is 0 Å². The molecule has 6 rings (SSSR count). The van der Waals surface area contributed by atoms with Gasteiger partial charge in [-0.2, -0.15) is 0 Å². The Labute approximate surface area is 271 Å². The molecule has 6 aromatic heterocycles. The van der Waals surface area contributed by atoms with E-state index in [4.69, 9.17) is 0 Å². The summed E-state index contributed by atoms with van der Waals surface area (Å²) in [5, 5.41) is 35.5. The Bertz CT molecular complexity index is 1230. The Hall–Kier alpha value is -3.82. The molecular weight excluding hydrogens is 650 g/mol. The van der Waals surface area contributed by atoms with Crippen molar-refractivity contribution in [1.82, 2.24) is 58.1 Å². The molecule has 0 aliphatic carbocycles. The minimum absolute atomic E-state index is 0. The van der Waals surface area contributed by atoms with Crippen LogP contribution in [0.5, 0.6) is 0 Å². The SMILES string of the molecule is CC(=O)/C=C(/C)[O-].[Eu+3].c1cnn([BH-](n2cccn2)n2cccn2)c1.c1cnn([BH-](n2cccn2)n2cccn2)c1. The fourth-order valence-corrected chi connectivity index (χ4v) is 3.98. The second kappa shape index (κ2) is 15.7. The molecule has 0 aliphatic heterocycles. The first-order valence-corrected chi connectivity index (χ1v) is 12.2. The van der Waals surface area contributed by atoms with Gasteiger partial charge in [0.25, 0.3) is 0 Å². The van der Waals surface area contributed by atoms with Crippen molar-refractivity contribution >= 4 is 20.0 Å². The number of rotatable bonds is 7. The number of ketones is 1.